The summed E-state index contributed by atoms with van der Waals surface area (Å²) in [6.45, 7) is 1.84. The van der Waals surface area contributed by atoms with Gasteiger partial charge in [-0.3, -0.25) is 20.0 Å². The lowest BCUT2D eigenvalue weighted by molar-refractivity contribution is -0.384. The van der Waals surface area contributed by atoms with Crippen molar-refractivity contribution in [3.05, 3.63) is 28.1 Å². The maximum absolute atomic E-state index is 13.6. The molecule has 8 heteroatoms. The number of rotatable bonds is 4. The van der Waals surface area contributed by atoms with Crippen LogP contribution in [0.15, 0.2) is 12.1 Å². The zero-order valence-electron chi connectivity index (χ0n) is 10.1. The molecule has 1 heterocycles. The minimum atomic E-state index is -0.785. The van der Waals surface area contributed by atoms with Gasteiger partial charge < -0.3 is 5.32 Å². The van der Waals surface area contributed by atoms with Crippen molar-refractivity contribution >= 4 is 28.3 Å². The summed E-state index contributed by atoms with van der Waals surface area (Å²) in [4.78, 5) is 21.4. The molecule has 0 saturated carbocycles. The molecule has 100 valence electrons. The standard InChI is InChI=1S/C11H11FN4O3/c1-2-3-9(17)13-11-7-4-6(16(18)19)5-8(12)10(7)14-15-11/h4-5H,2-3H2,1H3,(H2,13,14,15,17). The Morgan fingerprint density at radius 2 is 2.32 bits per heavy atom. The molecule has 2 aromatic rings. The highest BCUT2D eigenvalue weighted by Crippen LogP contribution is 2.27. The molecule has 2 N–H and O–H groups in total. The summed E-state index contributed by atoms with van der Waals surface area (Å²) < 4.78 is 13.6. The lowest BCUT2D eigenvalue weighted by Crippen LogP contribution is -2.11. The SMILES string of the molecule is CCCC(=O)Nc1n[nH]c2c(F)cc([N+](=O)[O-])cc12. The molecular weight excluding hydrogens is 255 g/mol. The molecule has 0 fully saturated rings. The van der Waals surface area contributed by atoms with E-state index in [2.05, 4.69) is 15.5 Å². The van der Waals surface area contributed by atoms with Crippen molar-refractivity contribution < 1.29 is 14.1 Å². The minimum absolute atomic E-state index is 0.0254. The molecule has 0 bridgehead atoms. The quantitative estimate of drug-likeness (QED) is 0.655. The van der Waals surface area contributed by atoms with Gasteiger partial charge in [-0.05, 0) is 6.42 Å². The van der Waals surface area contributed by atoms with E-state index in [1.165, 1.54) is 6.07 Å². The number of anilines is 1. The van der Waals surface area contributed by atoms with E-state index >= 15 is 0 Å². The van der Waals surface area contributed by atoms with Gasteiger partial charge in [-0.25, -0.2) is 4.39 Å². The Morgan fingerprint density at radius 1 is 1.58 bits per heavy atom. The number of nitro benzene ring substituents is 1. The summed E-state index contributed by atoms with van der Waals surface area (Å²) in [7, 11) is 0. The van der Waals surface area contributed by atoms with Crippen LogP contribution in [0.4, 0.5) is 15.9 Å². The lowest BCUT2D eigenvalue weighted by atomic mass is 10.2. The van der Waals surface area contributed by atoms with Crippen molar-refractivity contribution in [2.75, 3.05) is 5.32 Å². The van der Waals surface area contributed by atoms with Crippen molar-refractivity contribution in [3.63, 3.8) is 0 Å². The molecule has 1 amide bonds. The maximum atomic E-state index is 13.6. The third-order valence-corrected chi connectivity index (χ3v) is 2.56. The number of carbonyl (C=O) groups excluding carboxylic acids is 1. The third kappa shape index (κ3) is 2.51. The topological polar surface area (TPSA) is 101 Å². The Morgan fingerprint density at radius 3 is 2.95 bits per heavy atom. The average molecular weight is 266 g/mol. The van der Waals surface area contributed by atoms with Crippen molar-refractivity contribution in [3.8, 4) is 0 Å². The molecule has 0 atom stereocenters. The molecule has 7 nitrogen and oxygen atoms in total. The van der Waals surface area contributed by atoms with Crippen LogP contribution in [0.5, 0.6) is 0 Å². The van der Waals surface area contributed by atoms with Crippen LogP contribution in [0.2, 0.25) is 0 Å². The molecule has 1 aromatic heterocycles. The number of nitrogens with one attached hydrogen (secondary N) is 2. The number of hydrogen-bond acceptors (Lipinski definition) is 4. The number of hydrogen-bond donors (Lipinski definition) is 2. The summed E-state index contributed by atoms with van der Waals surface area (Å²) in [5.74, 6) is -0.966. The van der Waals surface area contributed by atoms with E-state index < -0.39 is 16.4 Å². The van der Waals surface area contributed by atoms with Crippen molar-refractivity contribution in [2.45, 2.75) is 19.8 Å². The number of non-ortho nitro benzene ring substituents is 1. The monoisotopic (exact) mass is 266 g/mol. The fourth-order valence-corrected chi connectivity index (χ4v) is 1.69. The average Bonchev–Trinajstić information content (AvgIpc) is 2.73. The van der Waals surface area contributed by atoms with E-state index in [-0.39, 0.29) is 22.6 Å². The van der Waals surface area contributed by atoms with Gasteiger partial charge >= 0.3 is 0 Å². The van der Waals surface area contributed by atoms with Gasteiger partial charge in [-0.2, -0.15) is 5.10 Å². The number of carbonyl (C=O) groups is 1. The van der Waals surface area contributed by atoms with E-state index in [9.17, 15) is 19.3 Å². The number of benzene rings is 1. The van der Waals surface area contributed by atoms with Crippen molar-refractivity contribution in [1.82, 2.24) is 10.2 Å². The molecule has 0 unspecified atom stereocenters. The van der Waals surface area contributed by atoms with Gasteiger partial charge in [0, 0.05) is 12.5 Å². The Labute approximate surface area is 106 Å². The van der Waals surface area contributed by atoms with Crippen molar-refractivity contribution in [2.24, 2.45) is 0 Å². The van der Waals surface area contributed by atoms with Crippen LogP contribution < -0.4 is 5.32 Å². The number of H-pyrrole nitrogens is 1. The van der Waals surface area contributed by atoms with E-state index in [0.717, 1.165) is 6.07 Å². The Kier molecular flexibility index (Phi) is 3.41. The second-order valence-electron chi connectivity index (χ2n) is 3.98. The van der Waals surface area contributed by atoms with E-state index in [0.29, 0.717) is 12.8 Å². The molecule has 0 saturated heterocycles. The number of nitrogens with zero attached hydrogens (tertiary/aromatic N) is 2. The summed E-state index contributed by atoms with van der Waals surface area (Å²) in [6.07, 6.45) is 0.953. The highest BCUT2D eigenvalue weighted by atomic mass is 19.1. The van der Waals surface area contributed by atoms with Crippen LogP contribution >= 0.6 is 0 Å². The smallest absolute Gasteiger partial charge is 0.273 e. The summed E-state index contributed by atoms with van der Waals surface area (Å²) in [5.41, 5.74) is -0.366. The Balaban J connectivity index is 2.45. The first kappa shape index (κ1) is 12.9. The predicted octanol–water partition coefficient (Wildman–Crippen LogP) is 2.35. The third-order valence-electron chi connectivity index (χ3n) is 2.56. The van der Waals surface area contributed by atoms with Crippen LogP contribution in [0.25, 0.3) is 10.9 Å². The Bertz CT molecular complexity index is 653. The number of aromatic nitrogens is 2. The van der Waals surface area contributed by atoms with Gasteiger partial charge in [-0.15, -0.1) is 0 Å². The van der Waals surface area contributed by atoms with Crippen LogP contribution in [-0.4, -0.2) is 21.0 Å². The first-order chi connectivity index (χ1) is 9.02. The van der Waals surface area contributed by atoms with E-state index in [1.807, 2.05) is 6.92 Å². The van der Waals surface area contributed by atoms with E-state index in [1.54, 1.807) is 0 Å². The molecule has 2 rings (SSSR count). The summed E-state index contributed by atoms with van der Waals surface area (Å²) in [5, 5.41) is 19.5. The molecule has 0 aliphatic carbocycles. The number of halogens is 1. The first-order valence-corrected chi connectivity index (χ1v) is 5.64. The number of fused-ring (bicyclic) bond motifs is 1. The second kappa shape index (κ2) is 5.01. The number of nitro groups is 1. The van der Waals surface area contributed by atoms with Crippen LogP contribution in [0, 0.1) is 15.9 Å². The number of amides is 1. The molecule has 0 radical (unpaired) electrons. The fraction of sp³-hybridized carbons (Fsp3) is 0.273. The lowest BCUT2D eigenvalue weighted by Gasteiger charge is -2.00. The second-order valence-corrected chi connectivity index (χ2v) is 3.98. The van der Waals surface area contributed by atoms with Gasteiger partial charge in [0.1, 0.15) is 5.52 Å². The van der Waals surface area contributed by atoms with Gasteiger partial charge in [0.25, 0.3) is 5.69 Å². The van der Waals surface area contributed by atoms with Gasteiger partial charge in [0.2, 0.25) is 5.91 Å². The molecule has 0 aliphatic heterocycles. The first-order valence-electron chi connectivity index (χ1n) is 5.64. The largest absolute Gasteiger partial charge is 0.309 e. The van der Waals surface area contributed by atoms with E-state index in [4.69, 9.17) is 0 Å². The van der Waals surface area contributed by atoms with Gasteiger partial charge in [0.05, 0.1) is 16.4 Å². The van der Waals surface area contributed by atoms with Crippen LogP contribution in [0.3, 0.4) is 0 Å². The summed E-state index contributed by atoms with van der Waals surface area (Å²) in [6, 6.07) is 1.97. The highest BCUT2D eigenvalue weighted by molar-refractivity contribution is 6.00. The molecule has 0 spiro atoms. The van der Waals surface area contributed by atoms with Gasteiger partial charge in [0.15, 0.2) is 11.6 Å². The predicted molar refractivity (Wildman–Crippen MR) is 66.2 cm³/mol. The molecule has 0 aliphatic rings. The molecular formula is C11H11FN4O3. The Hall–Kier alpha value is -2.51. The molecule has 19 heavy (non-hydrogen) atoms. The zero-order chi connectivity index (χ0) is 14.0. The zero-order valence-corrected chi connectivity index (χ0v) is 10.1. The summed E-state index contributed by atoms with van der Waals surface area (Å²) >= 11 is 0. The van der Waals surface area contributed by atoms with Crippen molar-refractivity contribution in [1.29, 1.82) is 0 Å². The normalized spacial score (nSPS) is 10.6. The van der Waals surface area contributed by atoms with Crippen LogP contribution in [0.1, 0.15) is 19.8 Å². The fourth-order valence-electron chi connectivity index (χ4n) is 1.69. The highest BCUT2D eigenvalue weighted by Gasteiger charge is 2.17. The van der Waals surface area contributed by atoms with Gasteiger partial charge in [-0.1, -0.05) is 6.92 Å². The minimum Gasteiger partial charge on any atom is -0.309 e. The number of aromatic amines is 1. The van der Waals surface area contributed by atoms with Crippen LogP contribution in [-0.2, 0) is 4.79 Å². The molecule has 1 aromatic carbocycles. The maximum Gasteiger partial charge on any atom is 0.273 e.